The number of ether oxygens (including phenoxy) is 1. The number of nitrogens with one attached hydrogen (secondary N) is 1. The van der Waals surface area contributed by atoms with Gasteiger partial charge < -0.3 is 14.6 Å². The molecular weight excluding hydrogens is 384 g/mol. The minimum absolute atomic E-state index is 0.0823. The van der Waals surface area contributed by atoms with Gasteiger partial charge in [-0.1, -0.05) is 45.4 Å². The zero-order valence-corrected chi connectivity index (χ0v) is 18.7. The zero-order chi connectivity index (χ0) is 20.8. The van der Waals surface area contributed by atoms with Crippen LogP contribution in [-0.4, -0.2) is 39.6 Å². The fourth-order valence-corrected chi connectivity index (χ4v) is 4.55. The number of aromatic nitrogens is 3. The first-order chi connectivity index (χ1) is 14.0. The number of carbonyl (C=O) groups is 1. The van der Waals surface area contributed by atoms with E-state index in [1.54, 1.807) is 7.11 Å². The Hall–Kier alpha value is -2.02. The zero-order valence-electron chi connectivity index (χ0n) is 17.9. The summed E-state index contributed by atoms with van der Waals surface area (Å²) in [7, 11) is 1.66. The van der Waals surface area contributed by atoms with Crippen LogP contribution in [0, 0.1) is 11.8 Å². The van der Waals surface area contributed by atoms with Crippen molar-refractivity contribution in [2.75, 3.05) is 12.9 Å². The Morgan fingerprint density at radius 1 is 1.24 bits per heavy atom. The topological polar surface area (TPSA) is 69.0 Å². The molecule has 29 heavy (non-hydrogen) atoms. The summed E-state index contributed by atoms with van der Waals surface area (Å²) in [6, 6.07) is 8.14. The summed E-state index contributed by atoms with van der Waals surface area (Å²) in [6.07, 6.45) is 4.76. The Kier molecular flexibility index (Phi) is 7.58. The lowest BCUT2D eigenvalue weighted by atomic mass is 9.86. The first-order valence-electron chi connectivity index (χ1n) is 10.5. The molecule has 0 unspecified atom stereocenters. The second-order valence-electron chi connectivity index (χ2n) is 8.26. The minimum Gasteiger partial charge on any atom is -0.497 e. The molecule has 0 aliphatic heterocycles. The minimum atomic E-state index is 0.0823. The van der Waals surface area contributed by atoms with Gasteiger partial charge in [0.25, 0.3) is 0 Å². The smallest absolute Gasteiger partial charge is 0.230 e. The number of nitrogens with zero attached hydrogens (tertiary/aromatic N) is 3. The van der Waals surface area contributed by atoms with Crippen LogP contribution >= 0.6 is 11.8 Å². The summed E-state index contributed by atoms with van der Waals surface area (Å²) in [4.78, 5) is 12.5. The van der Waals surface area contributed by atoms with Gasteiger partial charge in [0.1, 0.15) is 5.75 Å². The van der Waals surface area contributed by atoms with Gasteiger partial charge in [-0.25, -0.2) is 0 Å². The average molecular weight is 417 g/mol. The molecule has 158 valence electrons. The molecule has 2 aromatic rings. The molecule has 1 saturated carbocycles. The fourth-order valence-electron chi connectivity index (χ4n) is 3.79. The Morgan fingerprint density at radius 3 is 2.62 bits per heavy atom. The van der Waals surface area contributed by atoms with E-state index < -0.39 is 0 Å². The van der Waals surface area contributed by atoms with Crippen molar-refractivity contribution in [1.29, 1.82) is 0 Å². The van der Waals surface area contributed by atoms with Gasteiger partial charge in [-0.05, 0) is 48.9 Å². The van der Waals surface area contributed by atoms with Gasteiger partial charge in [0.15, 0.2) is 11.0 Å². The first kappa shape index (κ1) is 21.7. The van der Waals surface area contributed by atoms with Crippen LogP contribution in [0.25, 0.3) is 11.4 Å². The van der Waals surface area contributed by atoms with E-state index in [0.29, 0.717) is 23.6 Å². The molecule has 0 radical (unpaired) electrons. The number of methoxy groups -OCH3 is 1. The highest BCUT2D eigenvalue weighted by Gasteiger charge is 2.23. The molecule has 1 aliphatic rings. The van der Waals surface area contributed by atoms with Gasteiger partial charge in [-0.2, -0.15) is 0 Å². The average Bonchev–Trinajstić information content (AvgIpc) is 3.10. The van der Waals surface area contributed by atoms with Crippen LogP contribution in [0.15, 0.2) is 29.4 Å². The number of benzene rings is 1. The predicted molar refractivity (Wildman–Crippen MR) is 117 cm³/mol. The van der Waals surface area contributed by atoms with E-state index >= 15 is 0 Å². The number of thioether (sulfide) groups is 1. The van der Waals surface area contributed by atoms with E-state index in [1.165, 1.54) is 31.0 Å². The highest BCUT2D eigenvalue weighted by Crippen LogP contribution is 2.27. The summed E-state index contributed by atoms with van der Waals surface area (Å²) in [6.45, 7) is 7.38. The van der Waals surface area contributed by atoms with Crippen LogP contribution in [0.1, 0.15) is 46.5 Å². The lowest BCUT2D eigenvalue weighted by Gasteiger charge is -2.29. The van der Waals surface area contributed by atoms with Gasteiger partial charge in [-0.3, -0.25) is 4.79 Å². The number of hydrogen-bond acceptors (Lipinski definition) is 5. The van der Waals surface area contributed by atoms with E-state index in [-0.39, 0.29) is 5.91 Å². The maximum Gasteiger partial charge on any atom is 0.230 e. The van der Waals surface area contributed by atoms with Crippen molar-refractivity contribution in [2.45, 2.75) is 64.2 Å². The lowest BCUT2D eigenvalue weighted by Crippen LogP contribution is -2.41. The van der Waals surface area contributed by atoms with E-state index in [2.05, 4.69) is 40.9 Å². The highest BCUT2D eigenvalue weighted by molar-refractivity contribution is 7.99. The van der Waals surface area contributed by atoms with Crippen molar-refractivity contribution in [1.82, 2.24) is 20.1 Å². The summed E-state index contributed by atoms with van der Waals surface area (Å²) in [5.74, 6) is 3.08. The fraction of sp³-hybridized carbons (Fsp3) is 0.591. The monoisotopic (exact) mass is 416 g/mol. The molecule has 7 heteroatoms. The maximum atomic E-state index is 12.5. The molecule has 1 aromatic heterocycles. The Balaban J connectivity index is 1.69. The summed E-state index contributed by atoms with van der Waals surface area (Å²) < 4.78 is 7.37. The maximum absolute atomic E-state index is 12.5. The molecule has 6 nitrogen and oxygen atoms in total. The molecule has 1 aliphatic carbocycles. The normalized spacial score (nSPS) is 19.3. The molecule has 1 N–H and O–H groups in total. The molecule has 0 bridgehead atoms. The van der Waals surface area contributed by atoms with Crippen LogP contribution in [0.5, 0.6) is 5.75 Å². The third-order valence-electron chi connectivity index (χ3n) is 5.40. The van der Waals surface area contributed by atoms with Gasteiger partial charge in [0, 0.05) is 18.2 Å². The molecule has 1 amide bonds. The third-order valence-corrected chi connectivity index (χ3v) is 6.37. The van der Waals surface area contributed by atoms with Crippen molar-refractivity contribution < 1.29 is 9.53 Å². The van der Waals surface area contributed by atoms with Crippen molar-refractivity contribution in [3.05, 3.63) is 24.3 Å². The van der Waals surface area contributed by atoms with Crippen LogP contribution < -0.4 is 10.1 Å². The van der Waals surface area contributed by atoms with Crippen LogP contribution in [0.2, 0.25) is 0 Å². The molecule has 0 saturated heterocycles. The van der Waals surface area contributed by atoms with Gasteiger partial charge >= 0.3 is 0 Å². The van der Waals surface area contributed by atoms with E-state index in [0.717, 1.165) is 35.3 Å². The van der Waals surface area contributed by atoms with Crippen molar-refractivity contribution in [2.24, 2.45) is 11.8 Å². The second-order valence-corrected chi connectivity index (χ2v) is 9.21. The molecule has 1 aromatic carbocycles. The van der Waals surface area contributed by atoms with Gasteiger partial charge in [-0.15, -0.1) is 10.2 Å². The third kappa shape index (κ3) is 5.75. The van der Waals surface area contributed by atoms with Gasteiger partial charge in [0.2, 0.25) is 5.91 Å². The SMILES string of the molecule is COc1ccc(-c2nnc(SCC(=O)N[C@H]3CCCC[C@H]3C)n2CC(C)C)cc1. The Morgan fingerprint density at radius 2 is 1.97 bits per heavy atom. The van der Waals surface area contributed by atoms with Crippen molar-refractivity contribution in [3.8, 4) is 17.1 Å². The first-order valence-corrected chi connectivity index (χ1v) is 11.5. The largest absolute Gasteiger partial charge is 0.497 e. The molecule has 1 fully saturated rings. The molecule has 0 spiro atoms. The number of carbonyl (C=O) groups excluding carboxylic acids is 1. The highest BCUT2D eigenvalue weighted by atomic mass is 32.2. The number of amides is 1. The van der Waals surface area contributed by atoms with Crippen molar-refractivity contribution in [3.63, 3.8) is 0 Å². The number of rotatable bonds is 8. The quantitative estimate of drug-likeness (QED) is 0.646. The van der Waals surface area contributed by atoms with Crippen LogP contribution in [0.4, 0.5) is 0 Å². The standard InChI is InChI=1S/C22H32N4O2S/c1-15(2)13-26-21(17-9-11-18(28-4)12-10-17)24-25-22(26)29-14-20(27)23-19-8-6-5-7-16(19)3/h9-12,15-16,19H,5-8,13-14H2,1-4H3,(H,23,27)/t16-,19+/m1/s1. The lowest BCUT2D eigenvalue weighted by molar-refractivity contribution is -0.119. The summed E-state index contributed by atoms with van der Waals surface area (Å²) in [5, 5.41) is 12.8. The van der Waals surface area contributed by atoms with Crippen LogP contribution in [-0.2, 0) is 11.3 Å². The van der Waals surface area contributed by atoms with Crippen molar-refractivity contribution >= 4 is 17.7 Å². The predicted octanol–water partition coefficient (Wildman–Crippen LogP) is 4.40. The Labute approximate surface area is 177 Å². The number of hydrogen-bond donors (Lipinski definition) is 1. The Bertz CT molecular complexity index is 804. The van der Waals surface area contributed by atoms with Crippen LogP contribution in [0.3, 0.4) is 0 Å². The van der Waals surface area contributed by atoms with E-state index in [4.69, 9.17) is 4.74 Å². The summed E-state index contributed by atoms with van der Waals surface area (Å²) in [5.41, 5.74) is 0.992. The molecule has 3 rings (SSSR count). The summed E-state index contributed by atoms with van der Waals surface area (Å²) >= 11 is 1.46. The molecule has 2 atom stereocenters. The molecule has 1 heterocycles. The van der Waals surface area contributed by atoms with Gasteiger partial charge in [0.05, 0.1) is 12.9 Å². The van der Waals surface area contributed by atoms with E-state index in [9.17, 15) is 4.79 Å². The molecular formula is C22H32N4O2S. The second kappa shape index (κ2) is 10.1. The van der Waals surface area contributed by atoms with E-state index in [1.807, 2.05) is 24.3 Å².